The van der Waals surface area contributed by atoms with E-state index < -0.39 is 0 Å². The third-order valence-corrected chi connectivity index (χ3v) is 3.11. The molecule has 0 spiro atoms. The van der Waals surface area contributed by atoms with E-state index in [9.17, 15) is 4.79 Å². The molecule has 0 fully saturated rings. The Morgan fingerprint density at radius 2 is 2.12 bits per heavy atom. The van der Waals surface area contributed by atoms with E-state index in [2.05, 4.69) is 0 Å². The highest BCUT2D eigenvalue weighted by Gasteiger charge is 2.13. The van der Waals surface area contributed by atoms with Crippen molar-refractivity contribution in [3.05, 3.63) is 28.7 Å². The molecule has 1 aliphatic heterocycles. The van der Waals surface area contributed by atoms with Crippen LogP contribution in [0.5, 0.6) is 11.5 Å². The second-order valence-corrected chi connectivity index (χ2v) is 4.23. The van der Waals surface area contributed by atoms with Crippen LogP contribution in [0.1, 0.15) is 12.5 Å². The first-order valence-corrected chi connectivity index (χ1v) is 6.09. The van der Waals surface area contributed by atoms with Gasteiger partial charge in [0.25, 0.3) is 0 Å². The van der Waals surface area contributed by atoms with Crippen molar-refractivity contribution in [2.75, 3.05) is 13.0 Å². The summed E-state index contributed by atoms with van der Waals surface area (Å²) in [5.41, 5.74) is 0.948. The van der Waals surface area contributed by atoms with Gasteiger partial charge in [0.1, 0.15) is 0 Å². The van der Waals surface area contributed by atoms with E-state index in [0.29, 0.717) is 0 Å². The summed E-state index contributed by atoms with van der Waals surface area (Å²) in [6.07, 6.45) is 3.75. The molecule has 0 radical (unpaired) electrons. The summed E-state index contributed by atoms with van der Waals surface area (Å²) >= 11 is 1.45. The number of hydrogen-bond donors (Lipinski definition) is 0. The van der Waals surface area contributed by atoms with E-state index in [0.717, 1.165) is 22.0 Å². The standard InChI is InChI=1S/C12H12O3S/c1-8(13)12(16-2)6-9-3-4-10-11(5-9)15-7-14-10/h3-6H,7H2,1-2H3/b12-6+. The number of hydrogen-bond acceptors (Lipinski definition) is 4. The summed E-state index contributed by atoms with van der Waals surface area (Å²) in [5, 5.41) is 0. The van der Waals surface area contributed by atoms with Crippen LogP contribution in [0.3, 0.4) is 0 Å². The van der Waals surface area contributed by atoms with Crippen molar-refractivity contribution >= 4 is 23.6 Å². The smallest absolute Gasteiger partial charge is 0.231 e. The van der Waals surface area contributed by atoms with Gasteiger partial charge in [-0.1, -0.05) is 6.07 Å². The fraction of sp³-hybridized carbons (Fsp3) is 0.250. The second kappa shape index (κ2) is 4.61. The van der Waals surface area contributed by atoms with Crippen LogP contribution in [-0.4, -0.2) is 18.8 Å². The zero-order valence-corrected chi connectivity index (χ0v) is 9.97. The van der Waals surface area contributed by atoms with Crippen molar-refractivity contribution in [3.63, 3.8) is 0 Å². The minimum absolute atomic E-state index is 0.0742. The van der Waals surface area contributed by atoms with E-state index in [1.165, 1.54) is 11.8 Å². The average molecular weight is 236 g/mol. The summed E-state index contributed by atoms with van der Waals surface area (Å²) in [7, 11) is 0. The summed E-state index contributed by atoms with van der Waals surface area (Å²) in [5.74, 6) is 1.56. The summed E-state index contributed by atoms with van der Waals surface area (Å²) < 4.78 is 10.5. The molecule has 0 unspecified atom stereocenters. The number of ether oxygens (including phenoxy) is 2. The third kappa shape index (κ3) is 2.22. The highest BCUT2D eigenvalue weighted by atomic mass is 32.2. The average Bonchev–Trinajstić information content (AvgIpc) is 2.72. The Morgan fingerprint density at radius 3 is 2.81 bits per heavy atom. The zero-order chi connectivity index (χ0) is 11.5. The SMILES string of the molecule is CS/C(=C/c1ccc2c(c1)OCO2)C(C)=O. The number of allylic oxidation sites excluding steroid dienone is 1. The molecule has 0 bridgehead atoms. The maximum atomic E-state index is 11.3. The summed E-state index contributed by atoms with van der Waals surface area (Å²) in [6.45, 7) is 1.83. The van der Waals surface area contributed by atoms with Gasteiger partial charge in [0.15, 0.2) is 17.3 Å². The first-order chi connectivity index (χ1) is 7.70. The van der Waals surface area contributed by atoms with E-state index in [1.807, 2.05) is 30.5 Å². The highest BCUT2D eigenvalue weighted by molar-refractivity contribution is 8.03. The van der Waals surface area contributed by atoms with E-state index in [-0.39, 0.29) is 12.6 Å². The molecule has 0 amide bonds. The Bertz CT molecular complexity index is 452. The highest BCUT2D eigenvalue weighted by Crippen LogP contribution is 2.33. The number of ketones is 1. The molecule has 1 aromatic rings. The number of fused-ring (bicyclic) bond motifs is 1. The Balaban J connectivity index is 2.31. The minimum Gasteiger partial charge on any atom is -0.454 e. The topological polar surface area (TPSA) is 35.5 Å². The fourth-order valence-corrected chi connectivity index (χ4v) is 2.00. The Morgan fingerprint density at radius 1 is 1.38 bits per heavy atom. The molecule has 1 aromatic carbocycles. The van der Waals surface area contributed by atoms with Gasteiger partial charge in [-0.15, -0.1) is 11.8 Å². The lowest BCUT2D eigenvalue weighted by Gasteiger charge is -2.01. The number of Topliss-reactive ketones (excluding diaryl/α,β-unsaturated/α-hetero) is 1. The molecule has 4 heteroatoms. The van der Waals surface area contributed by atoms with Crippen molar-refractivity contribution in [1.82, 2.24) is 0 Å². The van der Waals surface area contributed by atoms with Crippen LogP contribution in [-0.2, 0) is 4.79 Å². The van der Waals surface area contributed by atoms with Crippen LogP contribution in [0.2, 0.25) is 0 Å². The second-order valence-electron chi connectivity index (χ2n) is 3.38. The van der Waals surface area contributed by atoms with Gasteiger partial charge in [0.05, 0.1) is 4.91 Å². The van der Waals surface area contributed by atoms with Crippen LogP contribution >= 0.6 is 11.8 Å². The predicted octanol–water partition coefficient (Wildman–Crippen LogP) is 2.71. The van der Waals surface area contributed by atoms with Crippen molar-refractivity contribution in [2.45, 2.75) is 6.92 Å². The monoisotopic (exact) mass is 236 g/mol. The van der Waals surface area contributed by atoms with Gasteiger partial charge in [-0.2, -0.15) is 0 Å². The van der Waals surface area contributed by atoms with Gasteiger partial charge < -0.3 is 9.47 Å². The molecular formula is C12H12O3S. The minimum atomic E-state index is 0.0742. The Labute approximate surface area is 98.4 Å². The number of carbonyl (C=O) groups is 1. The molecule has 1 heterocycles. The van der Waals surface area contributed by atoms with Gasteiger partial charge >= 0.3 is 0 Å². The van der Waals surface area contributed by atoms with E-state index in [1.54, 1.807) is 6.92 Å². The van der Waals surface area contributed by atoms with Crippen LogP contribution < -0.4 is 9.47 Å². The molecule has 2 rings (SSSR count). The molecule has 0 N–H and O–H groups in total. The molecule has 0 saturated carbocycles. The van der Waals surface area contributed by atoms with E-state index >= 15 is 0 Å². The molecule has 16 heavy (non-hydrogen) atoms. The first-order valence-electron chi connectivity index (χ1n) is 4.87. The van der Waals surface area contributed by atoms with Gasteiger partial charge in [-0.3, -0.25) is 4.79 Å². The van der Waals surface area contributed by atoms with Crippen molar-refractivity contribution < 1.29 is 14.3 Å². The number of rotatable bonds is 3. The maximum Gasteiger partial charge on any atom is 0.231 e. The van der Waals surface area contributed by atoms with Crippen molar-refractivity contribution in [1.29, 1.82) is 0 Å². The Hall–Kier alpha value is -1.42. The summed E-state index contributed by atoms with van der Waals surface area (Å²) in [6, 6.07) is 5.64. The normalized spacial score (nSPS) is 14.0. The van der Waals surface area contributed by atoms with Crippen LogP contribution in [0, 0.1) is 0 Å². The molecule has 0 atom stereocenters. The van der Waals surface area contributed by atoms with Crippen molar-refractivity contribution in [2.24, 2.45) is 0 Å². The summed E-state index contributed by atoms with van der Waals surface area (Å²) in [4.78, 5) is 12.0. The quantitative estimate of drug-likeness (QED) is 0.756. The maximum absolute atomic E-state index is 11.3. The number of carbonyl (C=O) groups excluding carboxylic acids is 1. The molecule has 84 valence electrons. The van der Waals surface area contributed by atoms with E-state index in [4.69, 9.17) is 9.47 Å². The largest absolute Gasteiger partial charge is 0.454 e. The van der Waals surface area contributed by atoms with Gasteiger partial charge in [-0.05, 0) is 37.0 Å². The third-order valence-electron chi connectivity index (χ3n) is 2.26. The van der Waals surface area contributed by atoms with Crippen LogP contribution in [0.15, 0.2) is 23.1 Å². The molecule has 0 aromatic heterocycles. The lowest BCUT2D eigenvalue weighted by atomic mass is 10.2. The molecule has 0 aliphatic carbocycles. The van der Waals surface area contributed by atoms with Gasteiger partial charge in [0, 0.05) is 0 Å². The van der Waals surface area contributed by atoms with Gasteiger partial charge in [-0.25, -0.2) is 0 Å². The first kappa shape index (κ1) is 11.1. The van der Waals surface area contributed by atoms with Crippen LogP contribution in [0.25, 0.3) is 6.08 Å². The van der Waals surface area contributed by atoms with Crippen molar-refractivity contribution in [3.8, 4) is 11.5 Å². The van der Waals surface area contributed by atoms with Crippen LogP contribution in [0.4, 0.5) is 0 Å². The van der Waals surface area contributed by atoms with Gasteiger partial charge in [0.2, 0.25) is 6.79 Å². The fourth-order valence-electron chi connectivity index (χ4n) is 1.46. The lowest BCUT2D eigenvalue weighted by molar-refractivity contribution is -0.112. The molecule has 1 aliphatic rings. The zero-order valence-electron chi connectivity index (χ0n) is 9.15. The molecular weight excluding hydrogens is 224 g/mol. The predicted molar refractivity (Wildman–Crippen MR) is 64.7 cm³/mol. The molecule has 0 saturated heterocycles. The lowest BCUT2D eigenvalue weighted by Crippen LogP contribution is -1.93. The number of benzene rings is 1. The Kier molecular flexibility index (Phi) is 3.19. The molecule has 3 nitrogen and oxygen atoms in total. The number of thioether (sulfide) groups is 1.